The topological polar surface area (TPSA) is 249 Å². The molecule has 2 aromatic rings. The normalized spacial score (nSPS) is 23.8. The number of aromatic hydroxyl groups is 1. The van der Waals surface area contributed by atoms with E-state index in [1.807, 2.05) is 0 Å². The van der Waals surface area contributed by atoms with E-state index >= 15 is 0 Å². The number of anilines is 3. The predicted octanol–water partition coefficient (Wildman–Crippen LogP) is 1.58. The largest absolute Gasteiger partial charge is 0.508 e. The Kier molecular flexibility index (Phi) is 7.74. The average Bonchev–Trinajstić information content (AvgIpc) is 2.96. The second-order valence-corrected chi connectivity index (χ2v) is 11.9. The van der Waals surface area contributed by atoms with Crippen molar-refractivity contribution in [2.24, 2.45) is 17.6 Å². The number of nitrogens with two attached hydrogens (primary N) is 1. The number of likely N-dealkylation sites (N-methyl/N-ethyl adjacent to an activating group) is 1. The third-order valence-electron chi connectivity index (χ3n) is 8.76. The standard InChI is InChI=1S/C30H32N6O10/c1-34(2)18-11-17(33-29(43)32-13-5-7-14(8-6-13)36(45)46)23(37)20-15(18)9-12-10-16-22(35(3)4)25(39)21(28(31)42)27(41)30(16,44)26(40)19(12)24(20)38/h5-8,11-12,16,22,37-38,41,44H,9-10H2,1-4H3,(H2,31,42)(H2,32,33,43)/t12-,16-,22-,30-/m1/s1. The van der Waals surface area contributed by atoms with Gasteiger partial charge < -0.3 is 41.7 Å². The third kappa shape index (κ3) is 4.78. The number of carbonyl (C=O) groups excluding carboxylic acids is 4. The Hall–Kier alpha value is -5.48. The Labute approximate surface area is 261 Å². The first kappa shape index (κ1) is 31.9. The highest BCUT2D eigenvalue weighted by molar-refractivity contribution is 6.24. The minimum Gasteiger partial charge on any atom is -0.508 e. The molecule has 0 bridgehead atoms. The van der Waals surface area contributed by atoms with E-state index in [1.54, 1.807) is 19.0 Å². The number of phenols is 1. The minimum atomic E-state index is -2.79. The van der Waals surface area contributed by atoms with Crippen LogP contribution in [-0.4, -0.2) is 93.6 Å². The van der Waals surface area contributed by atoms with Gasteiger partial charge >= 0.3 is 6.03 Å². The molecule has 0 unspecified atom stereocenters. The maximum Gasteiger partial charge on any atom is 0.323 e. The zero-order chi connectivity index (χ0) is 34.0. The molecule has 8 N–H and O–H groups in total. The molecule has 3 amide bonds. The summed E-state index contributed by atoms with van der Waals surface area (Å²) >= 11 is 0. The van der Waals surface area contributed by atoms with Gasteiger partial charge in [0.05, 0.1) is 22.2 Å². The summed E-state index contributed by atoms with van der Waals surface area (Å²) in [6.45, 7) is 0. The van der Waals surface area contributed by atoms with Crippen LogP contribution >= 0.6 is 0 Å². The van der Waals surface area contributed by atoms with Crippen LogP contribution in [0.4, 0.5) is 27.5 Å². The van der Waals surface area contributed by atoms with E-state index in [0.717, 1.165) is 0 Å². The molecular formula is C30H32N6O10. The van der Waals surface area contributed by atoms with Crippen LogP contribution in [0.15, 0.2) is 47.2 Å². The first-order chi connectivity index (χ1) is 21.5. The van der Waals surface area contributed by atoms with Crippen molar-refractivity contribution in [2.75, 3.05) is 43.7 Å². The second kappa shape index (κ2) is 11.1. The van der Waals surface area contributed by atoms with E-state index in [4.69, 9.17) is 5.73 Å². The van der Waals surface area contributed by atoms with Gasteiger partial charge in [-0.1, -0.05) is 0 Å². The number of nitrogens with zero attached hydrogens (tertiary/aromatic N) is 3. The summed E-state index contributed by atoms with van der Waals surface area (Å²) in [6, 6.07) is 4.43. The Morgan fingerprint density at radius 3 is 2.24 bits per heavy atom. The number of phenolic OH excluding ortho intramolecular Hbond substituents is 1. The number of nitro benzene ring substituents is 1. The van der Waals surface area contributed by atoms with Crippen molar-refractivity contribution in [3.05, 3.63) is 68.5 Å². The van der Waals surface area contributed by atoms with Gasteiger partial charge in [-0.25, -0.2) is 4.79 Å². The Morgan fingerprint density at radius 1 is 1.07 bits per heavy atom. The fourth-order valence-corrected chi connectivity index (χ4v) is 6.74. The number of non-ortho nitro benzene ring substituents is 1. The van der Waals surface area contributed by atoms with Gasteiger partial charge in [-0.2, -0.15) is 0 Å². The number of hydrogen-bond acceptors (Lipinski definition) is 12. The van der Waals surface area contributed by atoms with E-state index in [-0.39, 0.29) is 41.0 Å². The van der Waals surface area contributed by atoms with Crippen molar-refractivity contribution in [3.8, 4) is 5.75 Å². The second-order valence-electron chi connectivity index (χ2n) is 11.9. The van der Waals surface area contributed by atoms with Crippen molar-refractivity contribution in [2.45, 2.75) is 24.5 Å². The van der Waals surface area contributed by atoms with Crippen molar-refractivity contribution >= 4 is 52.0 Å². The molecule has 16 nitrogen and oxygen atoms in total. The highest BCUT2D eigenvalue weighted by atomic mass is 16.6. The van der Waals surface area contributed by atoms with Crippen LogP contribution in [0.2, 0.25) is 0 Å². The monoisotopic (exact) mass is 636 g/mol. The van der Waals surface area contributed by atoms with Gasteiger partial charge in [-0.15, -0.1) is 0 Å². The summed E-state index contributed by atoms with van der Waals surface area (Å²) in [6.07, 6.45) is -0.0120. The van der Waals surface area contributed by atoms with E-state index in [9.17, 15) is 49.7 Å². The fraction of sp³-hybridized carbons (Fsp3) is 0.333. The number of rotatable bonds is 6. The molecule has 16 heteroatoms. The van der Waals surface area contributed by atoms with Gasteiger partial charge in [0.2, 0.25) is 5.78 Å². The van der Waals surface area contributed by atoms with Gasteiger partial charge in [-0.05, 0) is 56.6 Å². The van der Waals surface area contributed by atoms with Gasteiger partial charge in [-0.3, -0.25) is 29.4 Å². The molecule has 46 heavy (non-hydrogen) atoms. The summed E-state index contributed by atoms with van der Waals surface area (Å²) < 4.78 is 0. The maximum absolute atomic E-state index is 14.1. The number of Topliss-reactive ketones (excluding diaryl/α,β-unsaturated/α-hetero) is 2. The fourth-order valence-electron chi connectivity index (χ4n) is 6.74. The molecule has 0 saturated heterocycles. The number of primary amides is 1. The number of aliphatic hydroxyl groups excluding tert-OH is 2. The number of ketones is 2. The summed E-state index contributed by atoms with van der Waals surface area (Å²) in [4.78, 5) is 65.8. The minimum absolute atomic E-state index is 0.0604. The van der Waals surface area contributed by atoms with E-state index in [2.05, 4.69) is 10.6 Å². The Bertz CT molecular complexity index is 1780. The number of aliphatic hydroxyl groups is 3. The number of carbonyl (C=O) groups is 4. The summed E-state index contributed by atoms with van der Waals surface area (Å²) in [5.74, 6) is -7.84. The molecule has 1 fully saturated rings. The molecule has 0 radical (unpaired) electrons. The smallest absolute Gasteiger partial charge is 0.323 e. The van der Waals surface area contributed by atoms with Crippen LogP contribution in [0, 0.1) is 22.0 Å². The number of fused-ring (bicyclic) bond motifs is 3. The molecule has 0 spiro atoms. The van der Waals surface area contributed by atoms with Crippen LogP contribution in [0.3, 0.4) is 0 Å². The van der Waals surface area contributed by atoms with Crippen LogP contribution < -0.4 is 21.3 Å². The van der Waals surface area contributed by atoms with E-state index in [0.29, 0.717) is 11.3 Å². The number of benzene rings is 2. The van der Waals surface area contributed by atoms with Crippen LogP contribution in [0.25, 0.3) is 5.76 Å². The van der Waals surface area contributed by atoms with Gasteiger partial charge in [0.1, 0.15) is 17.1 Å². The molecule has 3 aliphatic carbocycles. The van der Waals surface area contributed by atoms with E-state index < -0.39 is 74.7 Å². The lowest BCUT2D eigenvalue weighted by atomic mass is 9.57. The predicted molar refractivity (Wildman–Crippen MR) is 164 cm³/mol. The molecule has 4 atom stereocenters. The van der Waals surface area contributed by atoms with Crippen molar-refractivity contribution in [1.29, 1.82) is 0 Å². The first-order valence-electron chi connectivity index (χ1n) is 14.0. The zero-order valence-corrected chi connectivity index (χ0v) is 25.2. The molecular weight excluding hydrogens is 604 g/mol. The maximum atomic E-state index is 14.1. The quantitative estimate of drug-likeness (QED) is 0.103. The molecule has 5 rings (SSSR count). The van der Waals surface area contributed by atoms with Gasteiger partial charge in [0, 0.05) is 49.1 Å². The number of nitro groups is 1. The molecule has 0 heterocycles. The number of hydrogen-bond donors (Lipinski definition) is 7. The lowest BCUT2D eigenvalue weighted by Gasteiger charge is -2.50. The summed E-state index contributed by atoms with van der Waals surface area (Å²) in [5, 5.41) is 61.6. The Balaban J connectivity index is 1.60. The van der Waals surface area contributed by atoms with Crippen molar-refractivity contribution < 1.29 is 44.5 Å². The number of nitrogens with one attached hydrogen (secondary N) is 2. The third-order valence-corrected chi connectivity index (χ3v) is 8.76. The van der Waals surface area contributed by atoms with Crippen LogP contribution in [-0.2, 0) is 20.8 Å². The molecule has 2 aromatic carbocycles. The van der Waals surface area contributed by atoms with Gasteiger partial charge in [0.25, 0.3) is 11.6 Å². The average molecular weight is 637 g/mol. The molecule has 3 aliphatic rings. The van der Waals surface area contributed by atoms with Crippen molar-refractivity contribution in [3.63, 3.8) is 0 Å². The molecule has 1 saturated carbocycles. The zero-order valence-electron chi connectivity index (χ0n) is 25.2. The number of urea groups is 1. The van der Waals surface area contributed by atoms with Crippen molar-refractivity contribution in [1.82, 2.24) is 4.90 Å². The van der Waals surface area contributed by atoms with Crippen LogP contribution in [0.1, 0.15) is 17.5 Å². The highest BCUT2D eigenvalue weighted by Crippen LogP contribution is 2.54. The Morgan fingerprint density at radius 2 is 1.70 bits per heavy atom. The van der Waals surface area contributed by atoms with Crippen LogP contribution in [0.5, 0.6) is 5.75 Å². The highest BCUT2D eigenvalue weighted by Gasteiger charge is 2.64. The lowest BCUT2D eigenvalue weighted by Crippen LogP contribution is -2.65. The molecule has 0 aromatic heterocycles. The lowest BCUT2D eigenvalue weighted by molar-refractivity contribution is -0.384. The summed E-state index contributed by atoms with van der Waals surface area (Å²) in [7, 11) is 6.40. The molecule has 0 aliphatic heterocycles. The SMILES string of the molecule is CN(C)c1cc(NC(=O)Nc2ccc([N+](=O)[O-])cc2)c(O)c2c1C[C@@H]1C[C@@H]3[C@@H](N(C)C)C(=O)C(C(N)=O)=C(O)[C@]3(O)C(=O)C1=C2O. The van der Waals surface area contributed by atoms with Gasteiger partial charge in [0.15, 0.2) is 17.1 Å². The first-order valence-corrected chi connectivity index (χ1v) is 14.0. The van der Waals surface area contributed by atoms with E-state index in [1.165, 1.54) is 49.3 Å². The molecule has 242 valence electrons. The number of amides is 3. The summed E-state index contributed by atoms with van der Waals surface area (Å²) in [5.41, 5.74) is 1.86.